The lowest BCUT2D eigenvalue weighted by atomic mass is 10.1. The average Bonchev–Trinajstić information content (AvgIpc) is 2.27. The molecule has 1 rings (SSSR count). The molecule has 0 amide bonds. The van der Waals surface area contributed by atoms with E-state index in [2.05, 4.69) is 10.1 Å². The summed E-state index contributed by atoms with van der Waals surface area (Å²) >= 11 is 0. The number of benzene rings is 1. The fourth-order valence-electron chi connectivity index (χ4n) is 1.47. The fourth-order valence-corrected chi connectivity index (χ4v) is 1.47. The number of halogens is 2. The monoisotopic (exact) mass is 259 g/mol. The van der Waals surface area contributed by atoms with E-state index in [1.54, 1.807) is 12.1 Å². The second kappa shape index (κ2) is 6.90. The Hall–Kier alpha value is -1.69. The molecule has 2 N–H and O–H groups in total. The normalized spacial score (nSPS) is 12.4. The molecule has 1 unspecified atom stereocenters. The van der Waals surface area contributed by atoms with Crippen molar-refractivity contribution in [2.45, 2.75) is 26.0 Å². The molecule has 0 fully saturated rings. The van der Waals surface area contributed by atoms with Crippen molar-refractivity contribution in [3.63, 3.8) is 0 Å². The summed E-state index contributed by atoms with van der Waals surface area (Å²) in [4.78, 5) is 10.3. The summed E-state index contributed by atoms with van der Waals surface area (Å²) in [6, 6.07) is 6.19. The highest BCUT2D eigenvalue weighted by Crippen LogP contribution is 2.20. The van der Waals surface area contributed by atoms with E-state index in [0.29, 0.717) is 6.54 Å². The summed E-state index contributed by atoms with van der Waals surface area (Å²) in [6.07, 6.45) is 0.0115. The maximum absolute atomic E-state index is 12.0. The molecule has 4 nitrogen and oxygen atoms in total. The van der Waals surface area contributed by atoms with Gasteiger partial charge < -0.3 is 15.2 Å². The van der Waals surface area contributed by atoms with Gasteiger partial charge in [-0.25, -0.2) is 0 Å². The predicted molar refractivity (Wildman–Crippen MR) is 61.7 cm³/mol. The second-order valence-electron chi connectivity index (χ2n) is 3.77. The van der Waals surface area contributed by atoms with Crippen molar-refractivity contribution < 1.29 is 23.4 Å². The summed E-state index contributed by atoms with van der Waals surface area (Å²) < 4.78 is 28.4. The standard InChI is InChI=1S/C12H15F2NO3/c1-8(15-6-5-11(16)17)9-3-2-4-10(7-9)18-12(13)14/h2-4,7-8,12,15H,5-6H2,1H3,(H,16,17). The van der Waals surface area contributed by atoms with Crippen LogP contribution in [-0.2, 0) is 4.79 Å². The van der Waals surface area contributed by atoms with Crippen molar-refractivity contribution in [1.29, 1.82) is 0 Å². The summed E-state index contributed by atoms with van der Waals surface area (Å²) in [5, 5.41) is 11.5. The van der Waals surface area contributed by atoms with Gasteiger partial charge in [-0.05, 0) is 24.6 Å². The first-order valence-corrected chi connectivity index (χ1v) is 5.49. The van der Waals surface area contributed by atoms with Crippen molar-refractivity contribution in [2.24, 2.45) is 0 Å². The van der Waals surface area contributed by atoms with Gasteiger partial charge in [-0.1, -0.05) is 12.1 Å². The Labute approximate surface area is 104 Å². The van der Waals surface area contributed by atoms with Crippen molar-refractivity contribution >= 4 is 5.97 Å². The largest absolute Gasteiger partial charge is 0.481 e. The number of nitrogens with one attached hydrogen (secondary N) is 1. The van der Waals surface area contributed by atoms with Gasteiger partial charge in [-0.3, -0.25) is 4.79 Å². The quantitative estimate of drug-likeness (QED) is 0.789. The van der Waals surface area contributed by atoms with Crippen LogP contribution in [0.5, 0.6) is 5.75 Å². The van der Waals surface area contributed by atoms with Crippen LogP contribution in [0.25, 0.3) is 0 Å². The van der Waals surface area contributed by atoms with Gasteiger partial charge in [0.1, 0.15) is 5.75 Å². The van der Waals surface area contributed by atoms with Gasteiger partial charge in [-0.2, -0.15) is 8.78 Å². The highest BCUT2D eigenvalue weighted by molar-refractivity contribution is 5.66. The zero-order valence-corrected chi connectivity index (χ0v) is 9.90. The number of carboxylic acids is 1. The molecular weight excluding hydrogens is 244 g/mol. The van der Waals surface area contributed by atoms with Crippen LogP contribution in [0, 0.1) is 0 Å². The Balaban J connectivity index is 2.56. The molecule has 0 aromatic heterocycles. The first-order chi connectivity index (χ1) is 8.49. The third-order valence-corrected chi connectivity index (χ3v) is 2.37. The highest BCUT2D eigenvalue weighted by atomic mass is 19.3. The van der Waals surface area contributed by atoms with Crippen LogP contribution in [0.4, 0.5) is 8.78 Å². The van der Waals surface area contributed by atoms with E-state index in [9.17, 15) is 13.6 Å². The van der Waals surface area contributed by atoms with E-state index in [0.717, 1.165) is 5.56 Å². The van der Waals surface area contributed by atoms with Gasteiger partial charge >= 0.3 is 12.6 Å². The van der Waals surface area contributed by atoms with Crippen LogP contribution in [0.2, 0.25) is 0 Å². The van der Waals surface area contributed by atoms with Crippen LogP contribution >= 0.6 is 0 Å². The molecule has 6 heteroatoms. The molecule has 0 spiro atoms. The van der Waals surface area contributed by atoms with Gasteiger partial charge in [0.25, 0.3) is 0 Å². The Morgan fingerprint density at radius 1 is 1.50 bits per heavy atom. The molecular formula is C12H15F2NO3. The first kappa shape index (κ1) is 14.4. The topological polar surface area (TPSA) is 58.6 Å². The number of hydrogen-bond acceptors (Lipinski definition) is 3. The lowest BCUT2D eigenvalue weighted by molar-refractivity contribution is -0.136. The molecule has 1 aromatic carbocycles. The number of ether oxygens (including phenoxy) is 1. The van der Waals surface area contributed by atoms with Crippen LogP contribution in [0.3, 0.4) is 0 Å². The minimum Gasteiger partial charge on any atom is -0.481 e. The van der Waals surface area contributed by atoms with Crippen LogP contribution in [-0.4, -0.2) is 24.2 Å². The molecule has 0 aliphatic carbocycles. The Morgan fingerprint density at radius 3 is 2.83 bits per heavy atom. The maximum atomic E-state index is 12.0. The van der Waals surface area contributed by atoms with E-state index < -0.39 is 12.6 Å². The van der Waals surface area contributed by atoms with Gasteiger partial charge in [0.05, 0.1) is 6.42 Å². The highest BCUT2D eigenvalue weighted by Gasteiger charge is 2.09. The van der Waals surface area contributed by atoms with E-state index in [1.807, 2.05) is 6.92 Å². The lowest BCUT2D eigenvalue weighted by Crippen LogP contribution is -2.21. The zero-order valence-electron chi connectivity index (χ0n) is 9.90. The predicted octanol–water partition coefficient (Wildman–Crippen LogP) is 2.41. The smallest absolute Gasteiger partial charge is 0.387 e. The Morgan fingerprint density at radius 2 is 2.22 bits per heavy atom. The Bertz CT molecular complexity index is 399. The summed E-state index contributed by atoms with van der Waals surface area (Å²) in [5.74, 6) is -0.793. The van der Waals surface area contributed by atoms with Gasteiger partial charge in [0, 0.05) is 12.6 Å². The summed E-state index contributed by atoms with van der Waals surface area (Å²) in [6.45, 7) is -0.713. The van der Waals surface area contributed by atoms with Crippen LogP contribution in [0.15, 0.2) is 24.3 Å². The van der Waals surface area contributed by atoms with Crippen molar-refractivity contribution in [2.75, 3.05) is 6.54 Å². The van der Waals surface area contributed by atoms with Crippen molar-refractivity contribution in [3.8, 4) is 5.75 Å². The SMILES string of the molecule is CC(NCCC(=O)O)c1cccc(OC(F)F)c1. The third-order valence-electron chi connectivity index (χ3n) is 2.37. The molecule has 0 radical (unpaired) electrons. The number of carboxylic acid groups (broad SMARTS) is 1. The number of carbonyl (C=O) groups is 1. The Kier molecular flexibility index (Phi) is 5.51. The third kappa shape index (κ3) is 5.09. The van der Waals surface area contributed by atoms with Crippen molar-refractivity contribution in [3.05, 3.63) is 29.8 Å². The molecule has 0 heterocycles. The minimum absolute atomic E-state index is 0.0115. The van der Waals surface area contributed by atoms with Crippen LogP contribution < -0.4 is 10.1 Å². The summed E-state index contributed by atoms with van der Waals surface area (Å²) in [5.41, 5.74) is 0.763. The minimum atomic E-state index is -2.85. The molecule has 0 saturated carbocycles. The average molecular weight is 259 g/mol. The van der Waals surface area contributed by atoms with E-state index in [4.69, 9.17) is 5.11 Å². The first-order valence-electron chi connectivity index (χ1n) is 5.49. The number of alkyl halides is 2. The van der Waals surface area contributed by atoms with Gasteiger partial charge in [0.15, 0.2) is 0 Å². The van der Waals surface area contributed by atoms with E-state index in [-0.39, 0.29) is 18.2 Å². The lowest BCUT2D eigenvalue weighted by Gasteiger charge is -2.14. The number of aliphatic carboxylic acids is 1. The molecule has 100 valence electrons. The zero-order chi connectivity index (χ0) is 13.5. The molecule has 1 atom stereocenters. The number of hydrogen-bond donors (Lipinski definition) is 2. The molecule has 1 aromatic rings. The van der Waals surface area contributed by atoms with E-state index in [1.165, 1.54) is 12.1 Å². The van der Waals surface area contributed by atoms with Gasteiger partial charge in [-0.15, -0.1) is 0 Å². The number of rotatable bonds is 7. The molecule has 0 aliphatic rings. The van der Waals surface area contributed by atoms with Crippen LogP contribution in [0.1, 0.15) is 24.9 Å². The fraction of sp³-hybridized carbons (Fsp3) is 0.417. The van der Waals surface area contributed by atoms with E-state index >= 15 is 0 Å². The molecule has 0 bridgehead atoms. The molecule has 0 aliphatic heterocycles. The summed E-state index contributed by atoms with van der Waals surface area (Å²) in [7, 11) is 0. The maximum Gasteiger partial charge on any atom is 0.387 e. The molecule has 0 saturated heterocycles. The second-order valence-corrected chi connectivity index (χ2v) is 3.77. The van der Waals surface area contributed by atoms with Crippen molar-refractivity contribution in [1.82, 2.24) is 5.32 Å². The van der Waals surface area contributed by atoms with Gasteiger partial charge in [0.2, 0.25) is 0 Å². The molecule has 18 heavy (non-hydrogen) atoms.